The van der Waals surface area contributed by atoms with Crippen LogP contribution >= 0.6 is 0 Å². The summed E-state index contributed by atoms with van der Waals surface area (Å²) in [6, 6.07) is 55.8. The molecule has 0 bridgehead atoms. The molecule has 3 heteroatoms. The predicted octanol–water partition coefficient (Wildman–Crippen LogP) is 14.5. The lowest BCUT2D eigenvalue weighted by Crippen LogP contribution is -2.03. The van der Waals surface area contributed by atoms with Crippen LogP contribution in [-0.2, 0) is 0 Å². The molecule has 0 aliphatic rings. The molecule has 0 saturated heterocycles. The minimum atomic E-state index is 0.475. The van der Waals surface area contributed by atoms with Gasteiger partial charge in [0.2, 0.25) is 0 Å². The van der Waals surface area contributed by atoms with E-state index in [0.717, 1.165) is 82.9 Å². The van der Waals surface area contributed by atoms with Gasteiger partial charge in [-0.2, -0.15) is 0 Å². The average molecular weight is 705 g/mol. The van der Waals surface area contributed by atoms with Crippen molar-refractivity contribution in [2.75, 3.05) is 0 Å². The summed E-state index contributed by atoms with van der Waals surface area (Å²) in [4.78, 5) is 5.46. The maximum atomic E-state index is 9.24. The molecule has 0 aliphatic heterocycles. The zero-order chi connectivity index (χ0) is 37.0. The number of nitrogens with one attached hydrogen (secondary N) is 1. The molecule has 1 N–H and O–H groups in total. The highest BCUT2D eigenvalue weighted by Gasteiger charge is 2.20. The Kier molecular flexibility index (Phi) is 7.74. The van der Waals surface area contributed by atoms with Crippen LogP contribution in [0.1, 0.15) is 19.4 Å². The van der Waals surface area contributed by atoms with Crippen LogP contribution in [0, 0.1) is 5.41 Å². The number of allylic oxidation sites excluding steroid dienone is 4. The first-order valence-electron chi connectivity index (χ1n) is 18.7. The molecule has 0 atom stereocenters. The molecule has 55 heavy (non-hydrogen) atoms. The van der Waals surface area contributed by atoms with E-state index in [9.17, 15) is 5.41 Å². The normalized spacial score (nSPS) is 12.3. The summed E-state index contributed by atoms with van der Waals surface area (Å²) in [6.07, 6.45) is 5.95. The van der Waals surface area contributed by atoms with E-state index in [0.29, 0.717) is 5.71 Å². The van der Waals surface area contributed by atoms with Gasteiger partial charge in [0.05, 0.1) is 16.9 Å². The SMILES string of the molecule is C/C=C\C=C(/C)C(=N)c1ccc2c(oc3ccccc32)c1-c1ccc(-c2cccc(-c3nc4c5ccccc5ccc4c4c3ccc3ccccc34)c2)cc1. The predicted molar refractivity (Wildman–Crippen MR) is 233 cm³/mol. The summed E-state index contributed by atoms with van der Waals surface area (Å²) in [5.41, 5.74) is 11.1. The molecule has 2 heterocycles. The number of nitrogens with zero attached hydrogens (tertiary/aromatic N) is 1. The highest BCUT2D eigenvalue weighted by atomic mass is 16.3. The van der Waals surface area contributed by atoms with Gasteiger partial charge in [0.15, 0.2) is 0 Å². The van der Waals surface area contributed by atoms with Crippen molar-refractivity contribution in [1.82, 2.24) is 4.98 Å². The largest absolute Gasteiger partial charge is 0.455 e. The molecule has 8 aromatic carbocycles. The molecular formula is C52H36N2O. The molecule has 0 spiro atoms. The van der Waals surface area contributed by atoms with Crippen molar-refractivity contribution < 1.29 is 4.42 Å². The van der Waals surface area contributed by atoms with Gasteiger partial charge in [-0.1, -0.05) is 158 Å². The summed E-state index contributed by atoms with van der Waals surface area (Å²) in [5, 5.41) is 19.7. The fourth-order valence-corrected chi connectivity index (χ4v) is 8.22. The topological polar surface area (TPSA) is 49.9 Å². The number of hydrogen-bond acceptors (Lipinski definition) is 3. The molecule has 2 aromatic heterocycles. The van der Waals surface area contributed by atoms with Crippen molar-refractivity contribution in [3.8, 4) is 33.5 Å². The smallest absolute Gasteiger partial charge is 0.143 e. The molecule has 0 aliphatic carbocycles. The van der Waals surface area contributed by atoms with E-state index >= 15 is 0 Å². The summed E-state index contributed by atoms with van der Waals surface area (Å²) >= 11 is 0. The zero-order valence-corrected chi connectivity index (χ0v) is 30.6. The Hall–Kier alpha value is -7.10. The molecule has 0 unspecified atom stereocenters. The van der Waals surface area contributed by atoms with Gasteiger partial charge in [-0.3, -0.25) is 5.41 Å². The van der Waals surface area contributed by atoms with E-state index in [1.807, 2.05) is 50.3 Å². The third kappa shape index (κ3) is 5.35. The van der Waals surface area contributed by atoms with Crippen molar-refractivity contribution >= 4 is 70.9 Å². The fraction of sp³-hybridized carbons (Fsp3) is 0.0385. The number of pyridine rings is 1. The van der Waals surface area contributed by atoms with E-state index in [2.05, 4.69) is 140 Å². The molecule has 0 amide bonds. The molecule has 0 fully saturated rings. The Morgan fingerprint density at radius 2 is 1.22 bits per heavy atom. The number of hydrogen-bond donors (Lipinski definition) is 1. The molecular weight excluding hydrogens is 669 g/mol. The lowest BCUT2D eigenvalue weighted by atomic mass is 9.90. The highest BCUT2D eigenvalue weighted by Crippen LogP contribution is 2.42. The van der Waals surface area contributed by atoms with Gasteiger partial charge in [0.1, 0.15) is 11.2 Å². The third-order valence-corrected chi connectivity index (χ3v) is 11.0. The standard InChI is InChI=1S/C52H36N2O/c1-3-4-12-32(2)49(53)43-30-29-42-41-19-9-10-20-46(41)55-52(42)47(43)36-23-21-33(22-24-36)37-15-11-16-38(31-37)50-44-27-25-34-13-5-7-17-39(34)48(44)45-28-26-35-14-6-8-18-40(35)51(45)54-50/h3-31,53H,1-2H3/b4-3-,32-12+,53-49?. The molecule has 260 valence electrons. The minimum Gasteiger partial charge on any atom is -0.455 e. The molecule has 0 radical (unpaired) electrons. The van der Waals surface area contributed by atoms with Crippen LogP contribution in [-0.4, -0.2) is 10.7 Å². The number of fused-ring (bicyclic) bond motifs is 10. The van der Waals surface area contributed by atoms with E-state index in [1.54, 1.807) is 0 Å². The minimum absolute atomic E-state index is 0.475. The Morgan fingerprint density at radius 1 is 0.564 bits per heavy atom. The van der Waals surface area contributed by atoms with Gasteiger partial charge >= 0.3 is 0 Å². The quantitative estimate of drug-likeness (QED) is 0.106. The van der Waals surface area contributed by atoms with Gasteiger partial charge in [-0.15, -0.1) is 0 Å². The van der Waals surface area contributed by atoms with Crippen molar-refractivity contribution in [2.24, 2.45) is 0 Å². The average Bonchev–Trinajstić information content (AvgIpc) is 3.63. The van der Waals surface area contributed by atoms with Crippen LogP contribution in [0.3, 0.4) is 0 Å². The number of aromatic nitrogens is 1. The van der Waals surface area contributed by atoms with Crippen molar-refractivity contribution in [3.05, 3.63) is 187 Å². The van der Waals surface area contributed by atoms with Crippen LogP contribution in [0.5, 0.6) is 0 Å². The van der Waals surface area contributed by atoms with E-state index < -0.39 is 0 Å². The van der Waals surface area contributed by atoms with Gasteiger partial charge in [-0.25, -0.2) is 4.98 Å². The van der Waals surface area contributed by atoms with Crippen molar-refractivity contribution in [3.63, 3.8) is 0 Å². The summed E-state index contributed by atoms with van der Waals surface area (Å²) in [5.74, 6) is 0. The first-order chi connectivity index (χ1) is 27.1. The van der Waals surface area contributed by atoms with Gasteiger partial charge in [0.25, 0.3) is 0 Å². The molecule has 3 nitrogen and oxygen atoms in total. The lowest BCUT2D eigenvalue weighted by Gasteiger charge is -2.15. The molecule has 10 rings (SSSR count). The Morgan fingerprint density at radius 3 is 2.02 bits per heavy atom. The van der Waals surface area contributed by atoms with E-state index in [-0.39, 0.29) is 0 Å². The first kappa shape index (κ1) is 32.5. The second-order valence-electron chi connectivity index (χ2n) is 14.2. The van der Waals surface area contributed by atoms with Crippen LogP contribution in [0.15, 0.2) is 186 Å². The number of benzene rings is 8. The highest BCUT2D eigenvalue weighted by molar-refractivity contribution is 6.26. The Bertz CT molecular complexity index is 3230. The second-order valence-corrected chi connectivity index (χ2v) is 14.2. The maximum Gasteiger partial charge on any atom is 0.143 e. The first-order valence-corrected chi connectivity index (χ1v) is 18.7. The maximum absolute atomic E-state index is 9.24. The third-order valence-electron chi connectivity index (χ3n) is 11.0. The lowest BCUT2D eigenvalue weighted by molar-refractivity contribution is 0.670. The molecule has 0 saturated carbocycles. The van der Waals surface area contributed by atoms with Crippen LogP contribution in [0.2, 0.25) is 0 Å². The van der Waals surface area contributed by atoms with Crippen LogP contribution in [0.25, 0.3) is 98.7 Å². The van der Waals surface area contributed by atoms with Crippen LogP contribution in [0.4, 0.5) is 0 Å². The van der Waals surface area contributed by atoms with Crippen molar-refractivity contribution in [2.45, 2.75) is 13.8 Å². The van der Waals surface area contributed by atoms with Gasteiger partial charge < -0.3 is 4.42 Å². The summed E-state index contributed by atoms with van der Waals surface area (Å²) in [6.45, 7) is 3.98. The Labute approximate surface area is 319 Å². The summed E-state index contributed by atoms with van der Waals surface area (Å²) in [7, 11) is 0. The van der Waals surface area contributed by atoms with Crippen LogP contribution < -0.4 is 0 Å². The van der Waals surface area contributed by atoms with Gasteiger partial charge in [-0.05, 0) is 70.5 Å². The van der Waals surface area contributed by atoms with Gasteiger partial charge in [0, 0.05) is 49.0 Å². The monoisotopic (exact) mass is 704 g/mol. The second kappa shape index (κ2) is 13.1. The van der Waals surface area contributed by atoms with Crippen molar-refractivity contribution in [1.29, 1.82) is 5.41 Å². The van der Waals surface area contributed by atoms with E-state index in [4.69, 9.17) is 9.40 Å². The summed E-state index contributed by atoms with van der Waals surface area (Å²) < 4.78 is 6.55. The number of para-hydroxylation sites is 1. The number of furan rings is 1. The Balaban J connectivity index is 1.13. The molecule has 10 aromatic rings. The fourth-order valence-electron chi connectivity index (χ4n) is 8.22. The zero-order valence-electron chi connectivity index (χ0n) is 30.6. The van der Waals surface area contributed by atoms with E-state index in [1.165, 1.54) is 26.9 Å². The number of rotatable bonds is 6.